The van der Waals surface area contributed by atoms with Gasteiger partial charge < -0.3 is 4.90 Å². The van der Waals surface area contributed by atoms with Gasteiger partial charge in [-0.05, 0) is 30.8 Å². The minimum atomic E-state index is 0.167. The molecule has 18 heavy (non-hydrogen) atoms. The number of Topliss-reactive ketones (excluding diaryl/α,β-unsaturated/α-hetero) is 1. The lowest BCUT2D eigenvalue weighted by Crippen LogP contribution is -2.19. The fourth-order valence-electron chi connectivity index (χ4n) is 2.81. The molecule has 0 bridgehead atoms. The molecule has 1 saturated heterocycles. The lowest BCUT2D eigenvalue weighted by atomic mass is 9.93. The van der Waals surface area contributed by atoms with Crippen LogP contribution in [0.3, 0.4) is 0 Å². The van der Waals surface area contributed by atoms with Gasteiger partial charge >= 0.3 is 0 Å². The van der Waals surface area contributed by atoms with Crippen molar-refractivity contribution in [3.63, 3.8) is 0 Å². The summed E-state index contributed by atoms with van der Waals surface area (Å²) in [5, 5.41) is 2.23. The van der Waals surface area contributed by atoms with Crippen LogP contribution in [0.4, 0.5) is 0 Å². The largest absolute Gasteiger partial charge is 0.306 e. The third-order valence-corrected chi connectivity index (χ3v) is 3.82. The second kappa shape index (κ2) is 4.54. The maximum Gasteiger partial charge on any atom is 0.167 e. The molecular weight excluding hydrogens is 222 g/mol. The van der Waals surface area contributed by atoms with Crippen molar-refractivity contribution in [1.29, 1.82) is 0 Å². The number of benzene rings is 2. The molecular formula is C16H17NO. The number of carbonyl (C=O) groups excluding carboxylic acids is 1. The lowest BCUT2D eigenvalue weighted by Gasteiger charge is -2.11. The van der Waals surface area contributed by atoms with Crippen molar-refractivity contribution in [2.24, 2.45) is 5.92 Å². The summed E-state index contributed by atoms with van der Waals surface area (Å²) in [5.41, 5.74) is 0.883. The van der Waals surface area contributed by atoms with Crippen LogP contribution in [0.15, 0.2) is 42.5 Å². The van der Waals surface area contributed by atoms with E-state index in [2.05, 4.69) is 24.1 Å². The third kappa shape index (κ3) is 1.93. The molecule has 0 radical (unpaired) electrons. The van der Waals surface area contributed by atoms with E-state index in [1.807, 2.05) is 30.3 Å². The van der Waals surface area contributed by atoms with Gasteiger partial charge in [0.05, 0.1) is 0 Å². The molecule has 2 heteroatoms. The van der Waals surface area contributed by atoms with Gasteiger partial charge in [-0.3, -0.25) is 4.79 Å². The molecule has 0 amide bonds. The summed E-state index contributed by atoms with van der Waals surface area (Å²) in [7, 11) is 2.08. The van der Waals surface area contributed by atoms with Crippen LogP contribution in [0.25, 0.3) is 10.8 Å². The van der Waals surface area contributed by atoms with E-state index in [-0.39, 0.29) is 5.92 Å². The van der Waals surface area contributed by atoms with Gasteiger partial charge in [0.25, 0.3) is 0 Å². The first-order chi connectivity index (χ1) is 8.75. The number of carbonyl (C=O) groups is 1. The molecule has 2 aromatic carbocycles. The molecule has 92 valence electrons. The highest BCUT2D eigenvalue weighted by Gasteiger charge is 2.27. The SMILES string of the molecule is CN1CCC(C(=O)c2cccc3ccccc23)C1. The Hall–Kier alpha value is -1.67. The summed E-state index contributed by atoms with van der Waals surface area (Å²) in [6.07, 6.45) is 0.985. The van der Waals surface area contributed by atoms with E-state index < -0.39 is 0 Å². The van der Waals surface area contributed by atoms with Crippen LogP contribution in [0.2, 0.25) is 0 Å². The van der Waals surface area contributed by atoms with Gasteiger partial charge in [-0.2, -0.15) is 0 Å². The zero-order valence-corrected chi connectivity index (χ0v) is 10.6. The highest BCUT2D eigenvalue weighted by Crippen LogP contribution is 2.25. The number of nitrogens with zero attached hydrogens (tertiary/aromatic N) is 1. The molecule has 2 nitrogen and oxygen atoms in total. The van der Waals surface area contributed by atoms with Gasteiger partial charge in [0.2, 0.25) is 0 Å². The Morgan fingerprint density at radius 3 is 2.72 bits per heavy atom. The van der Waals surface area contributed by atoms with Crippen LogP contribution in [0, 0.1) is 5.92 Å². The zero-order chi connectivity index (χ0) is 12.5. The molecule has 1 atom stereocenters. The fourth-order valence-corrected chi connectivity index (χ4v) is 2.81. The Labute approximate surface area is 107 Å². The standard InChI is InChI=1S/C16H17NO/c1-17-10-9-13(11-17)16(18)15-8-4-6-12-5-2-3-7-14(12)15/h2-8,13H,9-11H2,1H3. The van der Waals surface area contributed by atoms with Crippen molar-refractivity contribution >= 4 is 16.6 Å². The van der Waals surface area contributed by atoms with Crippen LogP contribution < -0.4 is 0 Å². The Balaban J connectivity index is 2.01. The topological polar surface area (TPSA) is 20.3 Å². The first-order valence-corrected chi connectivity index (χ1v) is 6.46. The predicted molar refractivity (Wildman–Crippen MR) is 73.9 cm³/mol. The highest BCUT2D eigenvalue weighted by atomic mass is 16.1. The second-order valence-corrected chi connectivity index (χ2v) is 5.14. The van der Waals surface area contributed by atoms with Crippen molar-refractivity contribution in [3.05, 3.63) is 48.0 Å². The van der Waals surface area contributed by atoms with E-state index in [1.54, 1.807) is 0 Å². The van der Waals surface area contributed by atoms with Gasteiger partial charge in [0.1, 0.15) is 0 Å². The summed E-state index contributed by atoms with van der Waals surface area (Å²) in [6.45, 7) is 1.92. The maximum absolute atomic E-state index is 12.6. The summed E-state index contributed by atoms with van der Waals surface area (Å²) in [5.74, 6) is 0.469. The first kappa shape index (κ1) is 11.4. The zero-order valence-electron chi connectivity index (χ0n) is 10.6. The van der Waals surface area contributed by atoms with Crippen LogP contribution in [-0.4, -0.2) is 30.8 Å². The van der Waals surface area contributed by atoms with Crippen LogP contribution >= 0.6 is 0 Å². The molecule has 1 heterocycles. The quantitative estimate of drug-likeness (QED) is 0.751. The summed E-state index contributed by atoms with van der Waals surface area (Å²) in [6, 6.07) is 14.1. The lowest BCUT2D eigenvalue weighted by molar-refractivity contribution is 0.0926. The molecule has 2 aromatic rings. The molecule has 0 aliphatic carbocycles. The molecule has 0 aromatic heterocycles. The van der Waals surface area contributed by atoms with Crippen LogP contribution in [0.1, 0.15) is 16.8 Å². The van der Waals surface area contributed by atoms with Gasteiger partial charge in [-0.15, -0.1) is 0 Å². The van der Waals surface area contributed by atoms with Crippen molar-refractivity contribution in [2.75, 3.05) is 20.1 Å². The summed E-state index contributed by atoms with van der Waals surface area (Å²) in [4.78, 5) is 14.8. The monoisotopic (exact) mass is 239 g/mol. The molecule has 0 spiro atoms. The van der Waals surface area contributed by atoms with E-state index in [0.717, 1.165) is 35.8 Å². The minimum Gasteiger partial charge on any atom is -0.306 e. The van der Waals surface area contributed by atoms with Gasteiger partial charge in [-0.25, -0.2) is 0 Å². The number of fused-ring (bicyclic) bond motifs is 1. The van der Waals surface area contributed by atoms with Crippen LogP contribution in [-0.2, 0) is 0 Å². The number of ketones is 1. The third-order valence-electron chi connectivity index (χ3n) is 3.82. The predicted octanol–water partition coefficient (Wildman–Crippen LogP) is 2.97. The van der Waals surface area contributed by atoms with Crippen molar-refractivity contribution in [2.45, 2.75) is 6.42 Å². The molecule has 1 fully saturated rings. The molecule has 1 aliphatic heterocycles. The molecule has 1 unspecified atom stereocenters. The van der Waals surface area contributed by atoms with Gasteiger partial charge in [0, 0.05) is 18.0 Å². The number of likely N-dealkylation sites (tertiary alicyclic amines) is 1. The average molecular weight is 239 g/mol. The minimum absolute atomic E-state index is 0.167. The smallest absolute Gasteiger partial charge is 0.167 e. The number of hydrogen-bond donors (Lipinski definition) is 0. The van der Waals surface area contributed by atoms with Crippen molar-refractivity contribution in [1.82, 2.24) is 4.90 Å². The number of hydrogen-bond acceptors (Lipinski definition) is 2. The maximum atomic E-state index is 12.6. The normalized spacial score (nSPS) is 20.4. The molecule has 0 N–H and O–H groups in total. The molecule has 0 saturated carbocycles. The van der Waals surface area contributed by atoms with E-state index >= 15 is 0 Å². The number of rotatable bonds is 2. The summed E-state index contributed by atoms with van der Waals surface area (Å²) >= 11 is 0. The molecule has 3 rings (SSSR count). The van der Waals surface area contributed by atoms with E-state index in [9.17, 15) is 4.79 Å². The molecule has 1 aliphatic rings. The average Bonchev–Trinajstić information content (AvgIpc) is 2.84. The highest BCUT2D eigenvalue weighted by molar-refractivity contribution is 6.09. The van der Waals surface area contributed by atoms with Crippen molar-refractivity contribution < 1.29 is 4.79 Å². The first-order valence-electron chi connectivity index (χ1n) is 6.46. The second-order valence-electron chi connectivity index (χ2n) is 5.14. The Kier molecular flexibility index (Phi) is 2.88. The van der Waals surface area contributed by atoms with E-state index in [1.165, 1.54) is 0 Å². The Bertz CT molecular complexity index is 585. The van der Waals surface area contributed by atoms with E-state index in [0.29, 0.717) is 5.78 Å². The van der Waals surface area contributed by atoms with Gasteiger partial charge in [0.15, 0.2) is 5.78 Å². The van der Waals surface area contributed by atoms with E-state index in [4.69, 9.17) is 0 Å². The summed E-state index contributed by atoms with van der Waals surface area (Å²) < 4.78 is 0. The van der Waals surface area contributed by atoms with Crippen LogP contribution in [0.5, 0.6) is 0 Å². The fraction of sp³-hybridized carbons (Fsp3) is 0.312. The van der Waals surface area contributed by atoms with Gasteiger partial charge in [-0.1, -0.05) is 42.5 Å². The Morgan fingerprint density at radius 2 is 1.94 bits per heavy atom. The van der Waals surface area contributed by atoms with Crippen molar-refractivity contribution in [3.8, 4) is 0 Å². The Morgan fingerprint density at radius 1 is 1.17 bits per heavy atom.